The van der Waals surface area contributed by atoms with Crippen molar-refractivity contribution in [1.82, 2.24) is 4.90 Å². The molecule has 0 aliphatic carbocycles. The van der Waals surface area contributed by atoms with Crippen molar-refractivity contribution in [3.8, 4) is 16.9 Å². The van der Waals surface area contributed by atoms with Gasteiger partial charge in [-0.25, -0.2) is 0 Å². The molecule has 4 rings (SSSR count). The molecule has 126 valence electrons. The minimum atomic E-state index is 0.0803. The molecule has 3 aromatic rings. The lowest BCUT2D eigenvalue weighted by Gasteiger charge is -2.27. The monoisotopic (exact) mass is 349 g/mol. The first kappa shape index (κ1) is 15.9. The molecule has 0 saturated carbocycles. The van der Waals surface area contributed by atoms with E-state index in [1.165, 1.54) is 10.4 Å². The maximum atomic E-state index is 13.0. The number of nitrogens with zero attached hydrogens (tertiary/aromatic N) is 1. The highest BCUT2D eigenvalue weighted by atomic mass is 32.1. The van der Waals surface area contributed by atoms with Gasteiger partial charge in [-0.2, -0.15) is 0 Å². The van der Waals surface area contributed by atoms with E-state index in [-0.39, 0.29) is 5.91 Å². The minimum absolute atomic E-state index is 0.0803. The maximum Gasteiger partial charge on any atom is 0.254 e. The number of thiophene rings is 1. The third-order valence-corrected chi connectivity index (χ3v) is 5.65. The van der Waals surface area contributed by atoms with Gasteiger partial charge >= 0.3 is 0 Å². The van der Waals surface area contributed by atoms with Gasteiger partial charge in [-0.15, -0.1) is 11.3 Å². The largest absolute Gasteiger partial charge is 0.496 e. The summed E-state index contributed by atoms with van der Waals surface area (Å²) in [5, 5.41) is 2.11. The number of hydrogen-bond acceptors (Lipinski definition) is 3. The van der Waals surface area contributed by atoms with E-state index in [2.05, 4.69) is 11.4 Å². The Labute approximate surface area is 151 Å². The highest BCUT2D eigenvalue weighted by Gasteiger charge is 2.23. The molecule has 3 nitrogen and oxygen atoms in total. The highest BCUT2D eigenvalue weighted by molar-refractivity contribution is 7.10. The summed E-state index contributed by atoms with van der Waals surface area (Å²) in [7, 11) is 1.66. The second-order valence-electron chi connectivity index (χ2n) is 6.13. The molecular formula is C21H19NO2S. The van der Waals surface area contributed by atoms with Gasteiger partial charge in [-0.3, -0.25) is 4.79 Å². The fourth-order valence-electron chi connectivity index (χ4n) is 3.29. The summed E-state index contributed by atoms with van der Waals surface area (Å²) in [6.45, 7) is 1.48. The molecule has 25 heavy (non-hydrogen) atoms. The summed E-state index contributed by atoms with van der Waals surface area (Å²) in [6.07, 6.45) is 0.945. The number of hydrogen-bond donors (Lipinski definition) is 0. The van der Waals surface area contributed by atoms with E-state index in [4.69, 9.17) is 4.74 Å². The number of carbonyl (C=O) groups is 1. The second kappa shape index (κ2) is 6.73. The Hall–Kier alpha value is -2.59. The summed E-state index contributed by atoms with van der Waals surface area (Å²) < 4.78 is 5.49. The average Bonchev–Trinajstić information content (AvgIpc) is 3.15. The lowest BCUT2D eigenvalue weighted by molar-refractivity contribution is 0.0736. The molecule has 0 radical (unpaired) electrons. The van der Waals surface area contributed by atoms with Crippen LogP contribution in [0, 0.1) is 0 Å². The van der Waals surface area contributed by atoms with E-state index in [9.17, 15) is 4.79 Å². The number of rotatable bonds is 3. The van der Waals surface area contributed by atoms with Gasteiger partial charge in [0, 0.05) is 29.1 Å². The molecule has 1 aromatic heterocycles. The molecule has 2 heterocycles. The summed E-state index contributed by atoms with van der Waals surface area (Å²) in [5.41, 5.74) is 3.98. The van der Waals surface area contributed by atoms with Gasteiger partial charge in [-0.05, 0) is 47.2 Å². The number of carbonyl (C=O) groups excluding carboxylic acids is 1. The molecule has 2 aromatic carbocycles. The maximum absolute atomic E-state index is 13.0. The Morgan fingerprint density at radius 1 is 1.12 bits per heavy atom. The zero-order chi connectivity index (χ0) is 17.2. The van der Waals surface area contributed by atoms with E-state index in [1.54, 1.807) is 18.4 Å². The first-order valence-electron chi connectivity index (χ1n) is 8.34. The Balaban J connectivity index is 1.66. The molecule has 1 amide bonds. The van der Waals surface area contributed by atoms with E-state index < -0.39 is 0 Å². The summed E-state index contributed by atoms with van der Waals surface area (Å²) in [4.78, 5) is 16.3. The van der Waals surface area contributed by atoms with Crippen LogP contribution in [-0.2, 0) is 13.0 Å². The van der Waals surface area contributed by atoms with Crippen molar-refractivity contribution >= 4 is 17.2 Å². The SMILES string of the molecule is COc1ccc(C(=O)N2CCc3sccc3C2)cc1-c1ccccc1. The average molecular weight is 349 g/mol. The number of fused-ring (bicyclic) bond motifs is 1. The van der Waals surface area contributed by atoms with Gasteiger partial charge in [0.2, 0.25) is 0 Å². The van der Waals surface area contributed by atoms with Crippen LogP contribution in [-0.4, -0.2) is 24.5 Å². The fraction of sp³-hybridized carbons (Fsp3) is 0.190. The first-order chi connectivity index (χ1) is 12.3. The van der Waals surface area contributed by atoms with Gasteiger partial charge in [0.1, 0.15) is 5.75 Å². The second-order valence-corrected chi connectivity index (χ2v) is 7.13. The van der Waals surface area contributed by atoms with Crippen LogP contribution >= 0.6 is 11.3 Å². The molecule has 0 bridgehead atoms. The van der Waals surface area contributed by atoms with Crippen LogP contribution in [0.2, 0.25) is 0 Å². The van der Waals surface area contributed by atoms with Crippen molar-refractivity contribution in [1.29, 1.82) is 0 Å². The van der Waals surface area contributed by atoms with Crippen LogP contribution in [0.1, 0.15) is 20.8 Å². The Morgan fingerprint density at radius 3 is 2.76 bits per heavy atom. The number of methoxy groups -OCH3 is 1. The van der Waals surface area contributed by atoms with E-state index in [0.29, 0.717) is 12.1 Å². The van der Waals surface area contributed by atoms with Crippen LogP contribution < -0.4 is 4.74 Å². The topological polar surface area (TPSA) is 29.5 Å². The predicted molar refractivity (Wildman–Crippen MR) is 101 cm³/mol. The molecule has 0 spiro atoms. The van der Waals surface area contributed by atoms with Crippen molar-refractivity contribution in [2.45, 2.75) is 13.0 Å². The van der Waals surface area contributed by atoms with Crippen molar-refractivity contribution in [3.63, 3.8) is 0 Å². The van der Waals surface area contributed by atoms with Crippen LogP contribution in [0.5, 0.6) is 5.75 Å². The van der Waals surface area contributed by atoms with Gasteiger partial charge < -0.3 is 9.64 Å². The van der Waals surface area contributed by atoms with Crippen LogP contribution in [0.4, 0.5) is 0 Å². The summed E-state index contributed by atoms with van der Waals surface area (Å²) in [5.74, 6) is 0.859. The fourth-order valence-corrected chi connectivity index (χ4v) is 4.18. The van der Waals surface area contributed by atoms with Crippen LogP contribution in [0.25, 0.3) is 11.1 Å². The molecule has 0 unspecified atom stereocenters. The first-order valence-corrected chi connectivity index (χ1v) is 9.22. The van der Waals surface area contributed by atoms with Crippen molar-refractivity contribution in [2.75, 3.05) is 13.7 Å². The molecule has 0 N–H and O–H groups in total. The van der Waals surface area contributed by atoms with Crippen molar-refractivity contribution < 1.29 is 9.53 Å². The quantitative estimate of drug-likeness (QED) is 0.690. The van der Waals surface area contributed by atoms with Crippen LogP contribution in [0.3, 0.4) is 0 Å². The van der Waals surface area contributed by atoms with E-state index in [0.717, 1.165) is 29.8 Å². The van der Waals surface area contributed by atoms with E-state index >= 15 is 0 Å². The lowest BCUT2D eigenvalue weighted by Crippen LogP contribution is -2.35. The number of ether oxygens (including phenoxy) is 1. The molecule has 0 atom stereocenters. The van der Waals surface area contributed by atoms with E-state index in [1.807, 2.05) is 53.4 Å². The Kier molecular flexibility index (Phi) is 4.28. The molecule has 0 fully saturated rings. The Morgan fingerprint density at radius 2 is 1.96 bits per heavy atom. The standard InChI is InChI=1S/C21H19NO2S/c1-24-19-8-7-16(13-18(19)15-5-3-2-4-6-15)21(23)22-11-9-20-17(14-22)10-12-25-20/h2-8,10,12-13H,9,11,14H2,1H3. The third kappa shape index (κ3) is 3.05. The summed E-state index contributed by atoms with van der Waals surface area (Å²) >= 11 is 1.79. The van der Waals surface area contributed by atoms with Gasteiger partial charge in [0.25, 0.3) is 5.91 Å². The molecule has 1 aliphatic rings. The zero-order valence-electron chi connectivity index (χ0n) is 14.1. The van der Waals surface area contributed by atoms with Gasteiger partial charge in [0.15, 0.2) is 0 Å². The lowest BCUT2D eigenvalue weighted by atomic mass is 10.0. The predicted octanol–water partition coefficient (Wildman–Crippen LogP) is 4.62. The zero-order valence-corrected chi connectivity index (χ0v) is 14.9. The van der Waals surface area contributed by atoms with Crippen molar-refractivity contribution in [3.05, 3.63) is 76.0 Å². The Bertz CT molecular complexity index is 901. The molecular weight excluding hydrogens is 330 g/mol. The summed E-state index contributed by atoms with van der Waals surface area (Å²) in [6, 6.07) is 17.8. The number of amides is 1. The normalized spacial score (nSPS) is 13.4. The van der Waals surface area contributed by atoms with Gasteiger partial charge in [0.05, 0.1) is 7.11 Å². The smallest absolute Gasteiger partial charge is 0.254 e. The molecule has 1 aliphatic heterocycles. The highest BCUT2D eigenvalue weighted by Crippen LogP contribution is 2.32. The molecule has 0 saturated heterocycles. The van der Waals surface area contributed by atoms with Crippen molar-refractivity contribution in [2.24, 2.45) is 0 Å². The van der Waals surface area contributed by atoms with Gasteiger partial charge in [-0.1, -0.05) is 30.3 Å². The number of benzene rings is 2. The third-order valence-electron chi connectivity index (χ3n) is 4.63. The minimum Gasteiger partial charge on any atom is -0.496 e. The van der Waals surface area contributed by atoms with Crippen LogP contribution in [0.15, 0.2) is 60.0 Å². The molecule has 4 heteroatoms.